The van der Waals surface area contributed by atoms with Crippen LogP contribution >= 0.6 is 0 Å². The maximum atomic E-state index is 5.74. The van der Waals surface area contributed by atoms with Gasteiger partial charge in [0.2, 0.25) is 0 Å². The summed E-state index contributed by atoms with van der Waals surface area (Å²) in [5.74, 6) is 0. The van der Waals surface area contributed by atoms with Crippen molar-refractivity contribution in [3.63, 3.8) is 0 Å². The number of hydrogen-bond donors (Lipinski definition) is 2. The highest BCUT2D eigenvalue weighted by Gasteiger charge is 2.31. The number of hydrogen-bond acceptors (Lipinski definition) is 4. The van der Waals surface area contributed by atoms with E-state index in [1.54, 1.807) is 6.20 Å². The van der Waals surface area contributed by atoms with Gasteiger partial charge in [-0.05, 0) is 38.3 Å². The Labute approximate surface area is 102 Å². The minimum Gasteiger partial charge on any atom is -0.397 e. The van der Waals surface area contributed by atoms with E-state index in [2.05, 4.69) is 15.2 Å². The topological polar surface area (TPSA) is 54.2 Å². The summed E-state index contributed by atoms with van der Waals surface area (Å²) in [6.07, 6.45) is 8.77. The van der Waals surface area contributed by atoms with Crippen LogP contribution < -0.4 is 11.1 Å². The van der Waals surface area contributed by atoms with Gasteiger partial charge in [0.05, 0.1) is 17.6 Å². The van der Waals surface area contributed by atoms with Crippen molar-refractivity contribution in [1.29, 1.82) is 0 Å². The average molecular weight is 232 g/mol. The predicted octanol–water partition coefficient (Wildman–Crippen LogP) is 1.70. The van der Waals surface area contributed by atoms with Crippen molar-refractivity contribution in [2.45, 2.75) is 37.8 Å². The van der Waals surface area contributed by atoms with Crippen LogP contribution in [0.1, 0.15) is 25.7 Å². The van der Waals surface area contributed by atoms with Gasteiger partial charge in [-0.25, -0.2) is 0 Å². The number of piperidine rings is 1. The summed E-state index contributed by atoms with van der Waals surface area (Å²) in [6.45, 7) is 2.54. The van der Waals surface area contributed by atoms with Crippen LogP contribution in [-0.4, -0.2) is 35.1 Å². The first-order chi connectivity index (χ1) is 8.31. The third-order valence-corrected chi connectivity index (χ3v) is 3.95. The Balaban J connectivity index is 1.62. The number of aromatic nitrogens is 1. The van der Waals surface area contributed by atoms with E-state index in [1.165, 1.54) is 38.8 Å². The van der Waals surface area contributed by atoms with Crippen LogP contribution in [0.15, 0.2) is 18.5 Å². The lowest BCUT2D eigenvalue weighted by Gasteiger charge is -2.35. The number of nitrogens with one attached hydrogen (secondary N) is 1. The van der Waals surface area contributed by atoms with Crippen molar-refractivity contribution in [2.24, 2.45) is 0 Å². The van der Waals surface area contributed by atoms with E-state index in [0.717, 1.165) is 17.4 Å². The Bertz CT molecular complexity index is 393. The van der Waals surface area contributed by atoms with Gasteiger partial charge in [-0.1, -0.05) is 0 Å². The zero-order valence-electron chi connectivity index (χ0n) is 10.1. The summed E-state index contributed by atoms with van der Waals surface area (Å²) < 4.78 is 0. The second kappa shape index (κ2) is 4.53. The van der Waals surface area contributed by atoms with Gasteiger partial charge in [-0.15, -0.1) is 0 Å². The van der Waals surface area contributed by atoms with Crippen molar-refractivity contribution < 1.29 is 0 Å². The highest BCUT2D eigenvalue weighted by Crippen LogP contribution is 2.28. The molecule has 2 aliphatic rings. The number of rotatable bonds is 2. The molecule has 0 aromatic carbocycles. The number of nitrogens with zero attached hydrogens (tertiary/aromatic N) is 2. The van der Waals surface area contributed by atoms with E-state index in [-0.39, 0.29) is 0 Å². The summed E-state index contributed by atoms with van der Waals surface area (Å²) in [6, 6.07) is 3.35. The zero-order chi connectivity index (χ0) is 11.7. The first-order valence-electron chi connectivity index (χ1n) is 6.52. The highest BCUT2D eigenvalue weighted by atomic mass is 15.2. The molecule has 3 N–H and O–H groups in total. The molecule has 4 nitrogen and oxygen atoms in total. The first-order valence-corrected chi connectivity index (χ1v) is 6.52. The molecule has 2 saturated heterocycles. The molecule has 0 aliphatic carbocycles. The maximum Gasteiger partial charge on any atom is 0.0549 e. The molecule has 1 aromatic heterocycles. The summed E-state index contributed by atoms with van der Waals surface area (Å²) in [5.41, 5.74) is 7.53. The molecule has 92 valence electrons. The summed E-state index contributed by atoms with van der Waals surface area (Å²) in [4.78, 5) is 6.75. The summed E-state index contributed by atoms with van der Waals surface area (Å²) in [5, 5.41) is 3.57. The second-order valence-electron chi connectivity index (χ2n) is 5.20. The molecule has 0 bridgehead atoms. The molecule has 2 unspecified atom stereocenters. The molecule has 3 heterocycles. The van der Waals surface area contributed by atoms with Gasteiger partial charge >= 0.3 is 0 Å². The fraction of sp³-hybridized carbons (Fsp3) is 0.615. The summed E-state index contributed by atoms with van der Waals surface area (Å²) in [7, 11) is 0. The van der Waals surface area contributed by atoms with E-state index in [4.69, 9.17) is 5.73 Å². The monoisotopic (exact) mass is 232 g/mol. The van der Waals surface area contributed by atoms with Crippen LogP contribution in [0.5, 0.6) is 0 Å². The summed E-state index contributed by atoms with van der Waals surface area (Å²) >= 11 is 0. The van der Waals surface area contributed by atoms with Crippen molar-refractivity contribution >= 4 is 11.4 Å². The van der Waals surface area contributed by atoms with Crippen LogP contribution in [-0.2, 0) is 0 Å². The Morgan fingerprint density at radius 3 is 3.12 bits per heavy atom. The van der Waals surface area contributed by atoms with E-state index in [1.807, 2.05) is 12.3 Å². The second-order valence-corrected chi connectivity index (χ2v) is 5.20. The quantitative estimate of drug-likeness (QED) is 0.815. The van der Waals surface area contributed by atoms with Crippen LogP contribution in [0.25, 0.3) is 0 Å². The third kappa shape index (κ3) is 2.36. The molecule has 1 aromatic rings. The molecule has 2 atom stereocenters. The number of pyridine rings is 1. The van der Waals surface area contributed by atoms with E-state index in [9.17, 15) is 0 Å². The molecule has 0 saturated carbocycles. The average Bonchev–Trinajstić information content (AvgIpc) is 2.76. The molecular weight excluding hydrogens is 212 g/mol. The molecular formula is C13H20N4. The molecule has 0 spiro atoms. The molecule has 2 fully saturated rings. The molecule has 2 aliphatic heterocycles. The largest absolute Gasteiger partial charge is 0.397 e. The number of fused-ring (bicyclic) bond motifs is 1. The van der Waals surface area contributed by atoms with Crippen LogP contribution in [0, 0.1) is 0 Å². The molecule has 3 rings (SSSR count). The smallest absolute Gasteiger partial charge is 0.0549 e. The number of anilines is 2. The SMILES string of the molecule is Nc1cncc(NC2CCN3CCCC3C2)c1. The predicted molar refractivity (Wildman–Crippen MR) is 69.9 cm³/mol. The van der Waals surface area contributed by atoms with Crippen molar-refractivity contribution in [1.82, 2.24) is 9.88 Å². The maximum absolute atomic E-state index is 5.74. The molecule has 4 heteroatoms. The van der Waals surface area contributed by atoms with Crippen LogP contribution in [0.4, 0.5) is 11.4 Å². The normalized spacial score (nSPS) is 28.9. The lowest BCUT2D eigenvalue weighted by atomic mass is 9.97. The van der Waals surface area contributed by atoms with Gasteiger partial charge in [0, 0.05) is 24.8 Å². The Hall–Kier alpha value is -1.29. The zero-order valence-corrected chi connectivity index (χ0v) is 10.1. The van der Waals surface area contributed by atoms with Crippen molar-refractivity contribution in [3.05, 3.63) is 18.5 Å². The van der Waals surface area contributed by atoms with Gasteiger partial charge in [-0.2, -0.15) is 0 Å². The third-order valence-electron chi connectivity index (χ3n) is 3.95. The Morgan fingerprint density at radius 2 is 2.24 bits per heavy atom. The van der Waals surface area contributed by atoms with E-state index >= 15 is 0 Å². The van der Waals surface area contributed by atoms with Crippen molar-refractivity contribution in [3.8, 4) is 0 Å². The van der Waals surface area contributed by atoms with Gasteiger partial charge < -0.3 is 16.0 Å². The van der Waals surface area contributed by atoms with Gasteiger partial charge in [0.1, 0.15) is 0 Å². The lowest BCUT2D eigenvalue weighted by Crippen LogP contribution is -2.42. The molecule has 0 radical (unpaired) electrons. The molecule has 17 heavy (non-hydrogen) atoms. The minimum atomic E-state index is 0.581. The van der Waals surface area contributed by atoms with Gasteiger partial charge in [-0.3, -0.25) is 4.98 Å². The van der Waals surface area contributed by atoms with E-state index in [0.29, 0.717) is 6.04 Å². The van der Waals surface area contributed by atoms with Crippen LogP contribution in [0.2, 0.25) is 0 Å². The fourth-order valence-electron chi connectivity index (χ4n) is 3.13. The van der Waals surface area contributed by atoms with Gasteiger partial charge in [0.25, 0.3) is 0 Å². The fourth-order valence-corrected chi connectivity index (χ4v) is 3.13. The lowest BCUT2D eigenvalue weighted by molar-refractivity contribution is 0.188. The first kappa shape index (κ1) is 10.8. The van der Waals surface area contributed by atoms with E-state index < -0.39 is 0 Å². The molecule has 0 amide bonds. The van der Waals surface area contributed by atoms with Crippen LogP contribution in [0.3, 0.4) is 0 Å². The van der Waals surface area contributed by atoms with Gasteiger partial charge in [0.15, 0.2) is 0 Å². The number of nitrogens with two attached hydrogens (primary N) is 1. The Kier molecular flexibility index (Phi) is 2.89. The highest BCUT2D eigenvalue weighted by molar-refractivity contribution is 5.51. The Morgan fingerprint density at radius 1 is 1.29 bits per heavy atom. The minimum absolute atomic E-state index is 0.581. The standard InChI is InChI=1S/C13H20N4/c14-10-6-12(9-15-8-10)16-11-3-5-17-4-1-2-13(17)7-11/h6,8-9,11,13,16H,1-5,7,14H2. The van der Waals surface area contributed by atoms with Crippen molar-refractivity contribution in [2.75, 3.05) is 24.1 Å². The number of nitrogen functional groups attached to an aromatic ring is 1.